The van der Waals surface area contributed by atoms with Crippen LogP contribution in [0.3, 0.4) is 0 Å². The average Bonchev–Trinajstić information content (AvgIpc) is 2.29. The number of alkyl halides is 1. The number of halogens is 6. The highest BCUT2D eigenvalue weighted by Gasteiger charge is 2.32. The first-order valence-corrected chi connectivity index (χ1v) is 7.08. The van der Waals surface area contributed by atoms with Gasteiger partial charge in [-0.2, -0.15) is 0 Å². The van der Waals surface area contributed by atoms with E-state index in [-0.39, 0.29) is 11.0 Å². The first-order chi connectivity index (χ1) is 7.82. The van der Waals surface area contributed by atoms with Crippen molar-refractivity contribution in [3.63, 3.8) is 0 Å². The van der Waals surface area contributed by atoms with Crippen molar-refractivity contribution in [3.05, 3.63) is 29.1 Å². The molecule has 0 nitrogen and oxygen atoms in total. The van der Waals surface area contributed by atoms with E-state index in [9.17, 15) is 22.0 Å². The Morgan fingerprint density at radius 3 is 1.53 bits per heavy atom. The summed E-state index contributed by atoms with van der Waals surface area (Å²) in [5, 5.41) is -0.739. The minimum Gasteiger partial charge on any atom is -0.204 e. The van der Waals surface area contributed by atoms with Crippen molar-refractivity contribution in [2.75, 3.05) is 5.50 Å². The van der Waals surface area contributed by atoms with E-state index < -0.39 is 43.1 Å². The molecule has 0 spiro atoms. The smallest absolute Gasteiger partial charge is 0.200 e. The van der Waals surface area contributed by atoms with E-state index in [2.05, 4.69) is 0 Å². The zero-order valence-corrected chi connectivity index (χ0v) is 10.8. The van der Waals surface area contributed by atoms with Gasteiger partial charge < -0.3 is 0 Å². The summed E-state index contributed by atoms with van der Waals surface area (Å²) in [5.41, 5.74) is -0.369. The first-order valence-electron chi connectivity index (χ1n) is 4.76. The minimum atomic E-state index is -2.14. The second kappa shape index (κ2) is 5.35. The van der Waals surface area contributed by atoms with E-state index in [0.29, 0.717) is 0 Å². The summed E-state index contributed by atoms with van der Waals surface area (Å²) in [7, 11) is -2.03. The zero-order chi connectivity index (χ0) is 13.3. The molecule has 0 aliphatic carbocycles. The monoisotopic (exact) mass is 287 g/mol. The highest BCUT2D eigenvalue weighted by atomic mass is 35.5. The van der Waals surface area contributed by atoms with Crippen molar-refractivity contribution in [1.29, 1.82) is 0 Å². The van der Waals surface area contributed by atoms with Crippen LogP contribution in [-0.2, 0) is 0 Å². The molecule has 0 saturated carbocycles. The SMILES string of the molecule is CC(C)[Si](CCl)c1c(F)c(F)c(F)c(F)c1F. The van der Waals surface area contributed by atoms with Crippen LogP contribution in [-0.4, -0.2) is 14.3 Å². The highest BCUT2D eigenvalue weighted by molar-refractivity contribution is 6.80. The molecule has 0 N–H and O–H groups in total. The maximum atomic E-state index is 13.4. The van der Waals surface area contributed by atoms with Gasteiger partial charge in [-0.1, -0.05) is 13.8 Å². The van der Waals surface area contributed by atoms with Crippen LogP contribution in [0, 0.1) is 29.1 Å². The third kappa shape index (κ3) is 2.47. The average molecular weight is 288 g/mol. The van der Waals surface area contributed by atoms with Crippen LogP contribution in [0.1, 0.15) is 13.8 Å². The Bertz CT molecular complexity index is 406. The van der Waals surface area contributed by atoms with E-state index in [0.717, 1.165) is 0 Å². The van der Waals surface area contributed by atoms with Crippen LogP contribution in [0.2, 0.25) is 5.54 Å². The van der Waals surface area contributed by atoms with Crippen LogP contribution >= 0.6 is 11.6 Å². The lowest BCUT2D eigenvalue weighted by molar-refractivity contribution is 0.383. The van der Waals surface area contributed by atoms with Crippen LogP contribution in [0.15, 0.2) is 0 Å². The summed E-state index contributed by atoms with van der Waals surface area (Å²) >= 11 is 5.56. The maximum Gasteiger partial charge on any atom is 0.200 e. The lowest BCUT2D eigenvalue weighted by Crippen LogP contribution is -2.41. The number of hydrogen-bond acceptors (Lipinski definition) is 0. The van der Waals surface area contributed by atoms with Crippen LogP contribution in [0.5, 0.6) is 0 Å². The molecule has 0 fully saturated rings. The number of hydrogen-bond donors (Lipinski definition) is 0. The molecule has 0 aromatic heterocycles. The van der Waals surface area contributed by atoms with Crippen LogP contribution in [0.4, 0.5) is 22.0 Å². The molecule has 0 bridgehead atoms. The summed E-state index contributed by atoms with van der Waals surface area (Å²) < 4.78 is 65.7. The van der Waals surface area contributed by atoms with Gasteiger partial charge in [-0.05, 0) is 5.54 Å². The van der Waals surface area contributed by atoms with Crippen molar-refractivity contribution < 1.29 is 22.0 Å². The third-order valence-electron chi connectivity index (χ3n) is 2.37. The molecule has 1 aromatic rings. The van der Waals surface area contributed by atoms with Gasteiger partial charge in [-0.25, -0.2) is 22.0 Å². The summed E-state index contributed by atoms with van der Waals surface area (Å²) in [4.78, 5) is 0. The predicted molar refractivity (Wildman–Crippen MR) is 57.4 cm³/mol. The lowest BCUT2D eigenvalue weighted by atomic mass is 10.3. The minimum absolute atomic E-state index is 0.124. The van der Waals surface area contributed by atoms with Crippen LogP contribution < -0.4 is 5.19 Å². The van der Waals surface area contributed by atoms with E-state index in [1.165, 1.54) is 0 Å². The lowest BCUT2D eigenvalue weighted by Gasteiger charge is -2.18. The molecular weight excluding hydrogens is 279 g/mol. The molecule has 0 heterocycles. The molecule has 0 amide bonds. The van der Waals surface area contributed by atoms with Gasteiger partial charge in [0.05, 0.1) is 0 Å². The maximum absolute atomic E-state index is 13.4. The Morgan fingerprint density at radius 1 is 0.882 bits per heavy atom. The molecular formula is C10H9ClF5Si. The molecule has 7 heteroatoms. The molecule has 0 aliphatic rings. The Kier molecular flexibility index (Phi) is 4.54. The fraction of sp³-hybridized carbons (Fsp3) is 0.400. The van der Waals surface area contributed by atoms with Gasteiger partial charge in [0.1, 0.15) is 8.80 Å². The second-order valence-corrected chi connectivity index (χ2v) is 7.53. The molecule has 95 valence electrons. The molecule has 0 atom stereocenters. The second-order valence-electron chi connectivity index (χ2n) is 3.76. The molecule has 17 heavy (non-hydrogen) atoms. The van der Waals surface area contributed by atoms with E-state index in [4.69, 9.17) is 11.6 Å². The Labute approximate surface area is 102 Å². The van der Waals surface area contributed by atoms with E-state index in [1.807, 2.05) is 0 Å². The van der Waals surface area contributed by atoms with Gasteiger partial charge in [0, 0.05) is 10.7 Å². The van der Waals surface area contributed by atoms with Gasteiger partial charge in [-0.3, -0.25) is 0 Å². The largest absolute Gasteiger partial charge is 0.204 e. The van der Waals surface area contributed by atoms with Gasteiger partial charge in [0.15, 0.2) is 23.3 Å². The van der Waals surface area contributed by atoms with Crippen molar-refractivity contribution in [2.45, 2.75) is 19.4 Å². The zero-order valence-electron chi connectivity index (χ0n) is 9.05. The normalized spacial score (nSPS) is 11.6. The van der Waals surface area contributed by atoms with Crippen molar-refractivity contribution >= 4 is 25.6 Å². The molecule has 1 rings (SSSR count). The van der Waals surface area contributed by atoms with Gasteiger partial charge in [-0.15, -0.1) is 11.6 Å². The number of benzene rings is 1. The van der Waals surface area contributed by atoms with E-state index in [1.54, 1.807) is 13.8 Å². The molecule has 0 saturated heterocycles. The first kappa shape index (κ1) is 14.4. The van der Waals surface area contributed by atoms with Gasteiger partial charge >= 0.3 is 0 Å². The van der Waals surface area contributed by atoms with E-state index >= 15 is 0 Å². The quantitative estimate of drug-likeness (QED) is 0.263. The molecule has 1 aromatic carbocycles. The van der Waals surface area contributed by atoms with Crippen molar-refractivity contribution in [2.24, 2.45) is 0 Å². The molecule has 0 aliphatic heterocycles. The molecule has 1 radical (unpaired) electrons. The van der Waals surface area contributed by atoms with Crippen LogP contribution in [0.25, 0.3) is 0 Å². The number of rotatable bonds is 3. The predicted octanol–water partition coefficient (Wildman–Crippen LogP) is 3.27. The summed E-state index contributed by atoms with van der Waals surface area (Å²) in [6.45, 7) is 3.27. The Balaban J connectivity index is 3.53. The summed E-state index contributed by atoms with van der Waals surface area (Å²) in [5.74, 6) is -9.47. The van der Waals surface area contributed by atoms with Crippen molar-refractivity contribution in [1.82, 2.24) is 0 Å². The third-order valence-corrected chi connectivity index (χ3v) is 6.00. The topological polar surface area (TPSA) is 0 Å². The standard InChI is InChI=1S/C10H9ClF5Si/c1-4(2)17(3-11)10-8(15)6(13)5(12)7(14)9(10)16/h4H,3H2,1-2H3. The Morgan fingerprint density at radius 2 is 1.24 bits per heavy atom. The van der Waals surface area contributed by atoms with Crippen molar-refractivity contribution in [3.8, 4) is 0 Å². The summed E-state index contributed by atoms with van der Waals surface area (Å²) in [6.07, 6.45) is 0. The van der Waals surface area contributed by atoms with Gasteiger partial charge in [0.2, 0.25) is 5.82 Å². The Hall–Kier alpha value is -0.623. The molecule has 0 unspecified atom stereocenters. The fourth-order valence-electron chi connectivity index (χ4n) is 1.40. The fourth-order valence-corrected chi connectivity index (χ4v) is 4.53. The highest BCUT2D eigenvalue weighted by Crippen LogP contribution is 2.20. The summed E-state index contributed by atoms with van der Waals surface area (Å²) in [6, 6.07) is 0. The van der Waals surface area contributed by atoms with Gasteiger partial charge in [0.25, 0.3) is 0 Å².